The SMILES string of the molecule is COc1ccc(Cl)cc1NC(=O)[C@@H](C)N(C)Cc1ccc(C)cc1C. The lowest BCUT2D eigenvalue weighted by atomic mass is 10.0. The number of ether oxygens (including phenoxy) is 1. The Morgan fingerprint density at radius 2 is 1.96 bits per heavy atom. The number of nitrogens with one attached hydrogen (secondary N) is 1. The Bertz CT molecular complexity index is 761. The Balaban J connectivity index is 2.07. The van der Waals surface area contributed by atoms with Crippen molar-refractivity contribution in [2.45, 2.75) is 33.4 Å². The molecule has 25 heavy (non-hydrogen) atoms. The minimum absolute atomic E-state index is 0.104. The van der Waals surface area contributed by atoms with Gasteiger partial charge in [-0.15, -0.1) is 0 Å². The van der Waals surface area contributed by atoms with E-state index in [4.69, 9.17) is 16.3 Å². The van der Waals surface area contributed by atoms with Crippen LogP contribution < -0.4 is 10.1 Å². The van der Waals surface area contributed by atoms with Crippen LogP contribution in [0.1, 0.15) is 23.6 Å². The monoisotopic (exact) mass is 360 g/mol. The second-order valence-corrected chi connectivity index (χ2v) is 6.79. The highest BCUT2D eigenvalue weighted by Gasteiger charge is 2.20. The highest BCUT2D eigenvalue weighted by Crippen LogP contribution is 2.28. The summed E-state index contributed by atoms with van der Waals surface area (Å²) in [7, 11) is 3.51. The fraction of sp³-hybridized carbons (Fsp3) is 0.350. The number of methoxy groups -OCH3 is 1. The number of carbonyl (C=O) groups is 1. The summed E-state index contributed by atoms with van der Waals surface area (Å²) in [4.78, 5) is 14.6. The standard InChI is InChI=1S/C20H25ClN2O2/c1-13-6-7-16(14(2)10-13)12-23(4)15(3)20(24)22-18-11-17(21)8-9-19(18)25-5/h6-11,15H,12H2,1-5H3,(H,22,24)/t15-/m1/s1. The van der Waals surface area contributed by atoms with E-state index in [1.54, 1.807) is 25.3 Å². The van der Waals surface area contributed by atoms with Gasteiger partial charge in [-0.25, -0.2) is 0 Å². The quantitative estimate of drug-likeness (QED) is 0.828. The van der Waals surface area contributed by atoms with Crippen molar-refractivity contribution in [3.05, 3.63) is 58.1 Å². The second kappa shape index (κ2) is 8.37. The summed E-state index contributed by atoms with van der Waals surface area (Å²) in [5, 5.41) is 3.45. The van der Waals surface area contributed by atoms with Crippen LogP contribution in [0.25, 0.3) is 0 Å². The van der Waals surface area contributed by atoms with Crippen LogP contribution in [0.5, 0.6) is 5.75 Å². The van der Waals surface area contributed by atoms with E-state index in [1.807, 2.05) is 18.9 Å². The van der Waals surface area contributed by atoms with E-state index >= 15 is 0 Å². The molecule has 0 saturated heterocycles. The van der Waals surface area contributed by atoms with Crippen molar-refractivity contribution >= 4 is 23.2 Å². The molecule has 2 rings (SSSR count). The van der Waals surface area contributed by atoms with Gasteiger partial charge in [0.2, 0.25) is 5.91 Å². The summed E-state index contributed by atoms with van der Waals surface area (Å²) >= 11 is 6.02. The maximum Gasteiger partial charge on any atom is 0.241 e. The number of nitrogens with zero attached hydrogens (tertiary/aromatic N) is 1. The topological polar surface area (TPSA) is 41.6 Å². The Morgan fingerprint density at radius 3 is 2.60 bits per heavy atom. The molecule has 1 N–H and O–H groups in total. The minimum Gasteiger partial charge on any atom is -0.495 e. The molecule has 0 spiro atoms. The molecule has 5 heteroatoms. The Morgan fingerprint density at radius 1 is 1.24 bits per heavy atom. The maximum absolute atomic E-state index is 12.6. The summed E-state index contributed by atoms with van der Waals surface area (Å²) in [6.07, 6.45) is 0. The number of hydrogen-bond donors (Lipinski definition) is 1. The van der Waals surface area contributed by atoms with E-state index in [9.17, 15) is 4.79 Å². The van der Waals surface area contributed by atoms with Crippen molar-refractivity contribution in [1.29, 1.82) is 0 Å². The third-order valence-electron chi connectivity index (χ3n) is 4.38. The zero-order valence-corrected chi connectivity index (χ0v) is 16.1. The van der Waals surface area contributed by atoms with Gasteiger partial charge < -0.3 is 10.1 Å². The molecule has 0 aliphatic carbocycles. The average molecular weight is 361 g/mol. The molecule has 0 bridgehead atoms. The van der Waals surface area contributed by atoms with E-state index < -0.39 is 0 Å². The second-order valence-electron chi connectivity index (χ2n) is 6.35. The van der Waals surface area contributed by atoms with E-state index in [0.29, 0.717) is 23.0 Å². The number of anilines is 1. The van der Waals surface area contributed by atoms with Gasteiger partial charge in [0.05, 0.1) is 18.8 Å². The van der Waals surface area contributed by atoms with Crippen molar-refractivity contribution in [2.75, 3.05) is 19.5 Å². The molecular weight excluding hydrogens is 336 g/mol. The number of halogens is 1. The van der Waals surface area contributed by atoms with E-state index in [1.165, 1.54) is 16.7 Å². The third-order valence-corrected chi connectivity index (χ3v) is 4.61. The largest absolute Gasteiger partial charge is 0.495 e. The van der Waals surface area contributed by atoms with Crippen LogP contribution in [0.4, 0.5) is 5.69 Å². The lowest BCUT2D eigenvalue weighted by Crippen LogP contribution is -2.39. The van der Waals surface area contributed by atoms with Gasteiger partial charge in [-0.05, 0) is 57.1 Å². The summed E-state index contributed by atoms with van der Waals surface area (Å²) in [5.74, 6) is 0.481. The first kappa shape index (κ1) is 19.3. The smallest absolute Gasteiger partial charge is 0.241 e. The number of aryl methyl sites for hydroxylation is 2. The Hall–Kier alpha value is -2.04. The maximum atomic E-state index is 12.6. The van der Waals surface area contributed by atoms with Gasteiger partial charge in [-0.1, -0.05) is 35.4 Å². The Kier molecular flexibility index (Phi) is 6.45. The highest BCUT2D eigenvalue weighted by molar-refractivity contribution is 6.31. The lowest BCUT2D eigenvalue weighted by molar-refractivity contribution is -0.120. The molecular formula is C20H25ClN2O2. The number of carbonyl (C=O) groups excluding carboxylic acids is 1. The summed E-state index contributed by atoms with van der Waals surface area (Å²) < 4.78 is 5.28. The average Bonchev–Trinajstić information content (AvgIpc) is 2.56. The molecule has 2 aromatic rings. The van der Waals surface area contributed by atoms with E-state index in [2.05, 4.69) is 37.4 Å². The zero-order chi connectivity index (χ0) is 18.6. The molecule has 0 aliphatic heterocycles. The number of rotatable bonds is 6. The number of likely N-dealkylation sites (N-methyl/N-ethyl adjacent to an activating group) is 1. The minimum atomic E-state index is -0.301. The number of amides is 1. The molecule has 0 aromatic heterocycles. The van der Waals surface area contributed by atoms with Crippen molar-refractivity contribution < 1.29 is 9.53 Å². The van der Waals surface area contributed by atoms with Crippen LogP contribution in [-0.4, -0.2) is 31.0 Å². The van der Waals surface area contributed by atoms with Crippen molar-refractivity contribution in [3.8, 4) is 5.75 Å². The van der Waals surface area contributed by atoms with Crippen LogP contribution in [0.15, 0.2) is 36.4 Å². The number of hydrogen-bond acceptors (Lipinski definition) is 3. The molecule has 0 radical (unpaired) electrons. The molecule has 2 aromatic carbocycles. The van der Waals surface area contributed by atoms with Crippen molar-refractivity contribution in [1.82, 2.24) is 4.90 Å². The van der Waals surface area contributed by atoms with Gasteiger partial charge in [0, 0.05) is 11.6 Å². The fourth-order valence-corrected chi connectivity index (χ4v) is 2.82. The van der Waals surface area contributed by atoms with E-state index in [0.717, 1.165) is 0 Å². The molecule has 0 aliphatic rings. The normalized spacial score (nSPS) is 12.1. The first-order valence-corrected chi connectivity index (χ1v) is 8.60. The first-order valence-electron chi connectivity index (χ1n) is 8.22. The molecule has 0 heterocycles. The third kappa shape index (κ3) is 4.97. The fourth-order valence-electron chi connectivity index (χ4n) is 2.64. The summed E-state index contributed by atoms with van der Waals surface area (Å²) in [6, 6.07) is 11.2. The zero-order valence-electron chi connectivity index (χ0n) is 15.4. The van der Waals surface area contributed by atoms with Crippen molar-refractivity contribution in [2.24, 2.45) is 0 Å². The van der Waals surface area contributed by atoms with E-state index in [-0.39, 0.29) is 11.9 Å². The first-order chi connectivity index (χ1) is 11.8. The predicted octanol–water partition coefficient (Wildman–Crippen LogP) is 4.42. The molecule has 1 atom stereocenters. The van der Waals surface area contributed by atoms with Gasteiger partial charge in [-0.3, -0.25) is 9.69 Å². The van der Waals surface area contributed by atoms with Crippen LogP contribution in [0.2, 0.25) is 5.02 Å². The predicted molar refractivity (Wildman–Crippen MR) is 103 cm³/mol. The van der Waals surface area contributed by atoms with Gasteiger partial charge in [0.25, 0.3) is 0 Å². The van der Waals surface area contributed by atoms with Crippen LogP contribution in [-0.2, 0) is 11.3 Å². The molecule has 1 amide bonds. The molecule has 4 nitrogen and oxygen atoms in total. The highest BCUT2D eigenvalue weighted by atomic mass is 35.5. The van der Waals surface area contributed by atoms with Crippen molar-refractivity contribution in [3.63, 3.8) is 0 Å². The Labute approximate surface area is 154 Å². The number of benzene rings is 2. The van der Waals surface area contributed by atoms with Gasteiger partial charge >= 0.3 is 0 Å². The van der Waals surface area contributed by atoms with Gasteiger partial charge in [0.1, 0.15) is 5.75 Å². The van der Waals surface area contributed by atoms with Gasteiger partial charge in [-0.2, -0.15) is 0 Å². The summed E-state index contributed by atoms with van der Waals surface area (Å²) in [5.41, 5.74) is 4.26. The molecule has 0 fully saturated rings. The molecule has 134 valence electrons. The molecule has 0 saturated carbocycles. The summed E-state index contributed by atoms with van der Waals surface area (Å²) in [6.45, 7) is 6.76. The lowest BCUT2D eigenvalue weighted by Gasteiger charge is -2.25. The van der Waals surface area contributed by atoms with Gasteiger partial charge in [0.15, 0.2) is 0 Å². The van der Waals surface area contributed by atoms with Crippen LogP contribution >= 0.6 is 11.6 Å². The molecule has 0 unspecified atom stereocenters. The van der Waals surface area contributed by atoms with Crippen LogP contribution in [0.3, 0.4) is 0 Å². The van der Waals surface area contributed by atoms with Crippen LogP contribution in [0, 0.1) is 13.8 Å².